The second kappa shape index (κ2) is 11.0. The van der Waals surface area contributed by atoms with Crippen LogP contribution >= 0.6 is 0 Å². The Hall–Kier alpha value is -3.53. The first-order chi connectivity index (χ1) is 17.7. The number of imidazole rings is 1. The highest BCUT2D eigenvalue weighted by Crippen LogP contribution is 2.27. The van der Waals surface area contributed by atoms with Gasteiger partial charge in [0, 0.05) is 17.5 Å². The molecule has 0 saturated carbocycles. The summed E-state index contributed by atoms with van der Waals surface area (Å²) in [7, 11) is 0. The molecule has 0 radical (unpaired) electrons. The summed E-state index contributed by atoms with van der Waals surface area (Å²) in [4.78, 5) is 27.2. The zero-order chi connectivity index (χ0) is 24.9. The van der Waals surface area contributed by atoms with E-state index in [1.54, 1.807) is 12.1 Å². The minimum absolute atomic E-state index is 0.0351. The number of ketones is 2. The molecule has 4 nitrogen and oxygen atoms in total. The minimum Gasteiger partial charge on any atom is -0.284 e. The first-order valence-corrected chi connectivity index (χ1v) is 13.5. The number of aryl methyl sites for hydroxylation is 3. The van der Waals surface area contributed by atoms with Gasteiger partial charge in [0.05, 0.1) is 13.1 Å². The molecule has 0 amide bonds. The number of carbonyl (C=O) groups is 2. The lowest BCUT2D eigenvalue weighted by Crippen LogP contribution is -2.40. The normalized spacial score (nSPS) is 12.7. The number of carbonyl (C=O) groups excluding carboxylic acids is 2. The van der Waals surface area contributed by atoms with Gasteiger partial charge in [-0.1, -0.05) is 106 Å². The molecule has 3 aromatic carbocycles. The van der Waals surface area contributed by atoms with E-state index in [0.717, 1.165) is 25.8 Å². The fourth-order valence-corrected chi connectivity index (χ4v) is 5.50. The van der Waals surface area contributed by atoms with Crippen LogP contribution in [-0.4, -0.2) is 16.1 Å². The van der Waals surface area contributed by atoms with Crippen molar-refractivity contribution >= 4 is 22.3 Å². The molecule has 4 aromatic rings. The highest BCUT2D eigenvalue weighted by Gasteiger charge is 2.40. The summed E-state index contributed by atoms with van der Waals surface area (Å²) >= 11 is 0. The lowest BCUT2D eigenvalue weighted by molar-refractivity contribution is -0.698. The third-order valence-electron chi connectivity index (χ3n) is 7.43. The first kappa shape index (κ1) is 24.2. The van der Waals surface area contributed by atoms with E-state index in [2.05, 4.69) is 49.4 Å². The molecule has 0 spiro atoms. The Morgan fingerprint density at radius 2 is 1.39 bits per heavy atom. The van der Waals surface area contributed by atoms with Crippen LogP contribution in [0.25, 0.3) is 10.8 Å². The number of hydrogen-bond acceptors (Lipinski definition) is 2. The lowest BCUT2D eigenvalue weighted by Gasteiger charge is -2.13. The van der Waals surface area contributed by atoms with Crippen molar-refractivity contribution in [3.63, 3.8) is 0 Å². The third kappa shape index (κ3) is 4.77. The average molecular weight is 480 g/mol. The molecule has 0 N–H and O–H groups in total. The standard InChI is InChI=1S/C32H35N2O2/c1-2-3-4-5-6-7-12-21-33-23-34(22-20-25-16-13-15-24-14-8-9-17-26(24)25)30-29(33)31(35)27-18-10-11-19-28(27)32(30)36/h8-11,13-19,23H,2-7,12,20-22H2,1H3/q+1. The van der Waals surface area contributed by atoms with Gasteiger partial charge in [0.2, 0.25) is 29.3 Å². The van der Waals surface area contributed by atoms with E-state index < -0.39 is 0 Å². The third-order valence-corrected chi connectivity index (χ3v) is 7.43. The van der Waals surface area contributed by atoms with Crippen LogP contribution in [0.15, 0.2) is 73.1 Å². The Balaban J connectivity index is 1.41. The molecule has 184 valence electrons. The van der Waals surface area contributed by atoms with Crippen molar-refractivity contribution in [1.29, 1.82) is 0 Å². The number of fused-ring (bicyclic) bond motifs is 3. The van der Waals surface area contributed by atoms with Crippen LogP contribution in [0.3, 0.4) is 0 Å². The van der Waals surface area contributed by atoms with E-state index in [0.29, 0.717) is 29.1 Å². The molecule has 0 unspecified atom stereocenters. The topological polar surface area (TPSA) is 43.0 Å². The molecule has 5 rings (SSSR count). The predicted molar refractivity (Wildman–Crippen MR) is 144 cm³/mol. The number of benzene rings is 3. The number of hydrogen-bond donors (Lipinski definition) is 0. The van der Waals surface area contributed by atoms with Gasteiger partial charge in [-0.2, -0.15) is 0 Å². The van der Waals surface area contributed by atoms with Gasteiger partial charge in [0.1, 0.15) is 0 Å². The summed E-state index contributed by atoms with van der Waals surface area (Å²) in [6.45, 7) is 3.65. The molecule has 36 heavy (non-hydrogen) atoms. The van der Waals surface area contributed by atoms with Crippen molar-refractivity contribution in [2.24, 2.45) is 0 Å². The van der Waals surface area contributed by atoms with Crippen molar-refractivity contribution < 1.29 is 14.2 Å². The van der Waals surface area contributed by atoms with Crippen molar-refractivity contribution in [2.75, 3.05) is 0 Å². The highest BCUT2D eigenvalue weighted by atomic mass is 16.1. The summed E-state index contributed by atoms with van der Waals surface area (Å²) in [6.07, 6.45) is 11.3. The Morgan fingerprint density at radius 1 is 0.722 bits per heavy atom. The smallest absolute Gasteiger partial charge is 0.244 e. The van der Waals surface area contributed by atoms with Gasteiger partial charge in [0.15, 0.2) is 0 Å². The number of nitrogens with zero attached hydrogens (tertiary/aromatic N) is 2. The zero-order valence-corrected chi connectivity index (χ0v) is 21.2. The van der Waals surface area contributed by atoms with Crippen LogP contribution < -0.4 is 4.57 Å². The molecule has 1 heterocycles. The molecule has 4 heteroatoms. The number of rotatable bonds is 11. The van der Waals surface area contributed by atoms with Crippen molar-refractivity contribution in [1.82, 2.24) is 4.57 Å². The predicted octanol–water partition coefficient (Wildman–Crippen LogP) is 6.70. The maximum atomic E-state index is 13.6. The van der Waals surface area contributed by atoms with Crippen LogP contribution in [0.2, 0.25) is 0 Å². The van der Waals surface area contributed by atoms with Gasteiger partial charge in [-0.05, 0) is 29.2 Å². The quantitative estimate of drug-likeness (QED) is 0.156. The molecule has 0 aliphatic heterocycles. The van der Waals surface area contributed by atoms with E-state index >= 15 is 0 Å². The molecular formula is C32H35N2O2+. The SMILES string of the molecule is CCCCCCCCC[n+]1cn(CCc2cccc3ccccc23)c2c1C(=O)c1ccccc1C2=O. The Bertz CT molecular complexity index is 1390. The second-order valence-electron chi connectivity index (χ2n) is 9.91. The Labute approximate surface area is 213 Å². The monoisotopic (exact) mass is 479 g/mol. The fraction of sp³-hybridized carbons (Fsp3) is 0.344. The fourth-order valence-electron chi connectivity index (χ4n) is 5.50. The summed E-state index contributed by atoms with van der Waals surface area (Å²) in [5, 5.41) is 2.46. The van der Waals surface area contributed by atoms with Gasteiger partial charge >= 0.3 is 0 Å². The van der Waals surface area contributed by atoms with E-state index in [9.17, 15) is 9.59 Å². The van der Waals surface area contributed by atoms with Crippen LogP contribution in [-0.2, 0) is 19.5 Å². The molecule has 1 aliphatic rings. The van der Waals surface area contributed by atoms with E-state index in [1.165, 1.54) is 48.4 Å². The minimum atomic E-state index is -0.0450. The zero-order valence-electron chi connectivity index (χ0n) is 21.2. The summed E-state index contributed by atoms with van der Waals surface area (Å²) in [6, 6.07) is 22.0. The Morgan fingerprint density at radius 3 is 2.19 bits per heavy atom. The number of unbranched alkanes of at least 4 members (excludes halogenated alkanes) is 6. The largest absolute Gasteiger partial charge is 0.284 e. The van der Waals surface area contributed by atoms with Crippen LogP contribution in [0.1, 0.15) is 89.5 Å². The van der Waals surface area contributed by atoms with Crippen molar-refractivity contribution in [3.05, 3.63) is 101 Å². The maximum absolute atomic E-state index is 13.6. The summed E-state index contributed by atoms with van der Waals surface area (Å²) in [5.74, 6) is -0.0801. The molecular weight excluding hydrogens is 444 g/mol. The molecule has 0 atom stereocenters. The molecule has 0 fully saturated rings. The Kier molecular flexibility index (Phi) is 7.41. The van der Waals surface area contributed by atoms with E-state index in [4.69, 9.17) is 0 Å². The maximum Gasteiger partial charge on any atom is 0.244 e. The lowest BCUT2D eigenvalue weighted by atomic mass is 9.89. The first-order valence-electron chi connectivity index (χ1n) is 13.5. The molecule has 0 bridgehead atoms. The van der Waals surface area contributed by atoms with E-state index in [-0.39, 0.29) is 11.6 Å². The van der Waals surface area contributed by atoms with Gasteiger partial charge in [-0.25, -0.2) is 9.13 Å². The van der Waals surface area contributed by atoms with Crippen molar-refractivity contribution in [3.8, 4) is 0 Å². The van der Waals surface area contributed by atoms with E-state index in [1.807, 2.05) is 27.6 Å². The highest BCUT2D eigenvalue weighted by molar-refractivity contribution is 6.26. The van der Waals surface area contributed by atoms with Crippen molar-refractivity contribution in [2.45, 2.75) is 71.4 Å². The van der Waals surface area contributed by atoms with Gasteiger partial charge in [-0.15, -0.1) is 0 Å². The van der Waals surface area contributed by atoms with Crippen LogP contribution in [0.4, 0.5) is 0 Å². The number of aromatic nitrogens is 2. The average Bonchev–Trinajstić information content (AvgIpc) is 3.28. The molecule has 1 aromatic heterocycles. The summed E-state index contributed by atoms with van der Waals surface area (Å²) in [5.41, 5.74) is 3.39. The molecule has 1 aliphatic carbocycles. The van der Waals surface area contributed by atoms with Gasteiger partial charge in [0.25, 0.3) is 0 Å². The van der Waals surface area contributed by atoms with Crippen LogP contribution in [0.5, 0.6) is 0 Å². The molecule has 0 saturated heterocycles. The second-order valence-corrected chi connectivity index (χ2v) is 9.91. The van der Waals surface area contributed by atoms with Gasteiger partial charge < -0.3 is 0 Å². The van der Waals surface area contributed by atoms with Crippen LogP contribution in [0, 0.1) is 0 Å². The van der Waals surface area contributed by atoms with Gasteiger partial charge in [-0.3, -0.25) is 9.59 Å². The summed E-state index contributed by atoms with van der Waals surface area (Å²) < 4.78 is 4.06.